The topological polar surface area (TPSA) is 59.0 Å². The third-order valence-electron chi connectivity index (χ3n) is 3.66. The molecule has 1 saturated heterocycles. The number of nitrogens with one attached hydrogen (secondary N) is 1. The quantitative estimate of drug-likeness (QED) is 0.738. The fourth-order valence-electron chi connectivity index (χ4n) is 2.36. The number of aromatic hydroxyl groups is 1. The molecule has 0 bridgehead atoms. The highest BCUT2D eigenvalue weighted by Gasteiger charge is 2.25. The standard InChI is InChI=1S/C14H21ClFN3O2/c1-9(8-20)17-12-10(15)7-11(16)13(14(12)21)19-5-3-18(2)4-6-19/h7,9,17,20-21H,3-6,8H2,1-2H3. The van der Waals surface area contributed by atoms with Gasteiger partial charge in [-0.1, -0.05) is 11.6 Å². The zero-order chi connectivity index (χ0) is 15.6. The molecule has 2 rings (SSSR count). The average Bonchev–Trinajstić information content (AvgIpc) is 2.45. The molecule has 0 amide bonds. The van der Waals surface area contributed by atoms with Crippen LogP contribution in [0.5, 0.6) is 5.75 Å². The van der Waals surface area contributed by atoms with Crippen LogP contribution < -0.4 is 10.2 Å². The number of aliphatic hydroxyl groups is 1. The second-order valence-electron chi connectivity index (χ2n) is 5.43. The molecule has 1 aromatic carbocycles. The predicted octanol–water partition coefficient (Wildman–Crippen LogP) is 1.73. The van der Waals surface area contributed by atoms with E-state index < -0.39 is 5.82 Å². The number of halogens is 2. The van der Waals surface area contributed by atoms with Gasteiger partial charge in [0, 0.05) is 32.2 Å². The van der Waals surface area contributed by atoms with E-state index >= 15 is 0 Å². The zero-order valence-corrected chi connectivity index (χ0v) is 13.0. The molecule has 5 nitrogen and oxygen atoms in total. The molecule has 0 saturated carbocycles. The molecule has 0 radical (unpaired) electrons. The lowest BCUT2D eigenvalue weighted by atomic mass is 10.1. The third-order valence-corrected chi connectivity index (χ3v) is 3.96. The normalized spacial score (nSPS) is 17.9. The van der Waals surface area contributed by atoms with Gasteiger partial charge in [0.25, 0.3) is 0 Å². The number of nitrogens with zero attached hydrogens (tertiary/aromatic N) is 2. The minimum atomic E-state index is -0.538. The number of aliphatic hydroxyl groups excluding tert-OH is 1. The van der Waals surface area contributed by atoms with E-state index in [0.29, 0.717) is 13.1 Å². The molecule has 0 aromatic heterocycles. The van der Waals surface area contributed by atoms with Crippen LogP contribution in [0.3, 0.4) is 0 Å². The molecule has 118 valence electrons. The predicted molar refractivity (Wildman–Crippen MR) is 83.0 cm³/mol. The molecule has 1 aromatic rings. The number of phenols is 1. The van der Waals surface area contributed by atoms with Crippen molar-refractivity contribution in [1.82, 2.24) is 4.90 Å². The highest BCUT2D eigenvalue weighted by atomic mass is 35.5. The van der Waals surface area contributed by atoms with E-state index in [1.807, 2.05) is 11.9 Å². The van der Waals surface area contributed by atoms with Gasteiger partial charge in [-0.25, -0.2) is 4.39 Å². The van der Waals surface area contributed by atoms with Crippen molar-refractivity contribution in [3.63, 3.8) is 0 Å². The molecule has 7 heteroatoms. The van der Waals surface area contributed by atoms with E-state index in [-0.39, 0.29) is 34.8 Å². The number of benzene rings is 1. The number of rotatable bonds is 4. The number of hydrogen-bond acceptors (Lipinski definition) is 5. The number of hydrogen-bond donors (Lipinski definition) is 3. The zero-order valence-electron chi connectivity index (χ0n) is 12.2. The van der Waals surface area contributed by atoms with E-state index in [0.717, 1.165) is 13.1 Å². The monoisotopic (exact) mass is 317 g/mol. The SMILES string of the molecule is CC(CO)Nc1c(Cl)cc(F)c(N2CCN(C)CC2)c1O. The maximum absolute atomic E-state index is 14.2. The van der Waals surface area contributed by atoms with Gasteiger partial charge in [-0.3, -0.25) is 0 Å². The van der Waals surface area contributed by atoms with Gasteiger partial charge in [0.2, 0.25) is 0 Å². The molecule has 1 aliphatic rings. The Hall–Kier alpha value is -1.24. The fourth-order valence-corrected chi connectivity index (χ4v) is 2.60. The summed E-state index contributed by atoms with van der Waals surface area (Å²) in [5, 5.41) is 22.5. The smallest absolute Gasteiger partial charge is 0.166 e. The summed E-state index contributed by atoms with van der Waals surface area (Å²) in [5.41, 5.74) is 0.425. The lowest BCUT2D eigenvalue weighted by Crippen LogP contribution is -2.44. The average molecular weight is 318 g/mol. The van der Waals surface area contributed by atoms with Gasteiger partial charge in [0.15, 0.2) is 11.6 Å². The Morgan fingerprint density at radius 3 is 2.57 bits per heavy atom. The molecule has 1 atom stereocenters. The summed E-state index contributed by atoms with van der Waals surface area (Å²) in [7, 11) is 2.01. The van der Waals surface area contributed by atoms with Crippen LogP contribution in [0.1, 0.15) is 6.92 Å². The van der Waals surface area contributed by atoms with Crippen LogP contribution in [0.25, 0.3) is 0 Å². The van der Waals surface area contributed by atoms with Crippen molar-refractivity contribution in [3.05, 3.63) is 16.9 Å². The van der Waals surface area contributed by atoms with E-state index in [9.17, 15) is 9.50 Å². The van der Waals surface area contributed by atoms with Crippen molar-refractivity contribution in [2.75, 3.05) is 50.1 Å². The summed E-state index contributed by atoms with van der Waals surface area (Å²) in [6, 6.07) is 0.903. The maximum atomic E-state index is 14.2. The first-order chi connectivity index (χ1) is 9.93. The second-order valence-corrected chi connectivity index (χ2v) is 5.84. The second kappa shape index (κ2) is 6.68. The van der Waals surface area contributed by atoms with Crippen molar-refractivity contribution < 1.29 is 14.6 Å². The largest absolute Gasteiger partial charge is 0.504 e. The third kappa shape index (κ3) is 3.51. The summed E-state index contributed by atoms with van der Waals surface area (Å²) in [5.74, 6) is -0.742. The van der Waals surface area contributed by atoms with Crippen LogP contribution in [0, 0.1) is 5.82 Å². The molecular formula is C14H21ClFN3O2. The van der Waals surface area contributed by atoms with E-state index in [1.54, 1.807) is 6.92 Å². The minimum Gasteiger partial charge on any atom is -0.504 e. The van der Waals surface area contributed by atoms with Gasteiger partial charge in [0.1, 0.15) is 5.69 Å². The van der Waals surface area contributed by atoms with Crippen LogP contribution in [0.15, 0.2) is 6.07 Å². The Morgan fingerprint density at radius 1 is 1.38 bits per heavy atom. The van der Waals surface area contributed by atoms with Gasteiger partial charge >= 0.3 is 0 Å². The molecule has 1 unspecified atom stereocenters. The first kappa shape index (κ1) is 16.1. The Bertz CT molecular complexity index is 507. The Balaban J connectivity index is 2.34. The summed E-state index contributed by atoms with van der Waals surface area (Å²) in [4.78, 5) is 3.96. The van der Waals surface area contributed by atoms with Crippen molar-refractivity contribution in [3.8, 4) is 5.75 Å². The summed E-state index contributed by atoms with van der Waals surface area (Å²) in [6.45, 7) is 4.51. The Kier molecular flexibility index (Phi) is 5.13. The number of piperazine rings is 1. The van der Waals surface area contributed by atoms with Gasteiger partial charge in [0.05, 0.1) is 17.3 Å². The summed E-state index contributed by atoms with van der Waals surface area (Å²) in [6.07, 6.45) is 0. The fraction of sp³-hybridized carbons (Fsp3) is 0.571. The van der Waals surface area contributed by atoms with Crippen molar-refractivity contribution in [1.29, 1.82) is 0 Å². The first-order valence-electron chi connectivity index (χ1n) is 6.96. The number of phenolic OH excluding ortho intramolecular Hbond substituents is 1. The lowest BCUT2D eigenvalue weighted by Gasteiger charge is -2.35. The lowest BCUT2D eigenvalue weighted by molar-refractivity contribution is 0.281. The molecule has 21 heavy (non-hydrogen) atoms. The molecular weight excluding hydrogens is 297 g/mol. The van der Waals surface area contributed by atoms with Gasteiger partial charge < -0.3 is 25.3 Å². The van der Waals surface area contributed by atoms with E-state index in [1.165, 1.54) is 6.07 Å². The van der Waals surface area contributed by atoms with E-state index in [4.69, 9.17) is 16.7 Å². The Morgan fingerprint density at radius 2 is 2.00 bits per heavy atom. The summed E-state index contributed by atoms with van der Waals surface area (Å²) >= 11 is 6.00. The van der Waals surface area contributed by atoms with Crippen molar-refractivity contribution in [2.45, 2.75) is 13.0 Å². The van der Waals surface area contributed by atoms with Crippen LogP contribution >= 0.6 is 11.6 Å². The first-order valence-corrected chi connectivity index (χ1v) is 7.33. The minimum absolute atomic E-state index is 0.100. The van der Waals surface area contributed by atoms with Crippen LogP contribution in [-0.4, -0.2) is 61.0 Å². The Labute approximate surface area is 128 Å². The molecule has 1 fully saturated rings. The highest BCUT2D eigenvalue weighted by molar-refractivity contribution is 6.33. The van der Waals surface area contributed by atoms with E-state index in [2.05, 4.69) is 10.2 Å². The highest BCUT2D eigenvalue weighted by Crippen LogP contribution is 2.42. The van der Waals surface area contributed by atoms with Crippen molar-refractivity contribution >= 4 is 23.0 Å². The number of anilines is 2. The molecule has 0 aliphatic carbocycles. The molecule has 1 heterocycles. The van der Waals surface area contributed by atoms with Crippen LogP contribution in [0.4, 0.5) is 15.8 Å². The van der Waals surface area contributed by atoms with Gasteiger partial charge in [-0.2, -0.15) is 0 Å². The molecule has 3 N–H and O–H groups in total. The summed E-state index contributed by atoms with van der Waals surface area (Å²) < 4.78 is 14.2. The molecule has 1 aliphatic heterocycles. The molecule has 0 spiro atoms. The number of likely N-dealkylation sites (N-methyl/N-ethyl adjacent to an activating group) is 1. The van der Waals surface area contributed by atoms with Crippen molar-refractivity contribution in [2.24, 2.45) is 0 Å². The van der Waals surface area contributed by atoms with Gasteiger partial charge in [-0.05, 0) is 20.0 Å². The maximum Gasteiger partial charge on any atom is 0.166 e. The van der Waals surface area contributed by atoms with Crippen LogP contribution in [-0.2, 0) is 0 Å². The van der Waals surface area contributed by atoms with Gasteiger partial charge in [-0.15, -0.1) is 0 Å². The van der Waals surface area contributed by atoms with Crippen LogP contribution in [0.2, 0.25) is 5.02 Å².